The zero-order chi connectivity index (χ0) is 28.1. The third kappa shape index (κ3) is 5.44. The van der Waals surface area contributed by atoms with Crippen LogP contribution in [0.4, 0.5) is 5.69 Å². The molecule has 0 bridgehead atoms. The Morgan fingerprint density at radius 1 is 0.750 bits per heavy atom. The van der Waals surface area contributed by atoms with Gasteiger partial charge < -0.3 is 14.7 Å². The summed E-state index contributed by atoms with van der Waals surface area (Å²) in [6.07, 6.45) is 6.78. The van der Waals surface area contributed by atoms with E-state index in [0.717, 1.165) is 27.8 Å². The van der Waals surface area contributed by atoms with E-state index in [4.69, 9.17) is 4.74 Å². The molecule has 7 heteroatoms. The molecule has 1 amide bonds. The number of methoxy groups -OCH3 is 1. The van der Waals surface area contributed by atoms with Gasteiger partial charge in [0.2, 0.25) is 0 Å². The van der Waals surface area contributed by atoms with Gasteiger partial charge in [0.15, 0.2) is 0 Å². The fourth-order valence-electron chi connectivity index (χ4n) is 4.67. The highest BCUT2D eigenvalue weighted by molar-refractivity contribution is 6.10. The average molecular weight is 530 g/mol. The van der Waals surface area contributed by atoms with Crippen LogP contribution >= 0.6 is 0 Å². The fourth-order valence-corrected chi connectivity index (χ4v) is 4.67. The molecule has 0 unspecified atom stereocenters. The Labute approximate surface area is 232 Å². The number of aromatic nitrogens is 2. The van der Waals surface area contributed by atoms with Crippen LogP contribution in [0.15, 0.2) is 116 Å². The van der Waals surface area contributed by atoms with Crippen molar-refractivity contribution in [3.8, 4) is 28.0 Å². The molecule has 0 saturated heterocycles. The van der Waals surface area contributed by atoms with E-state index in [-0.39, 0.29) is 11.5 Å². The molecule has 5 rings (SSSR count). The van der Waals surface area contributed by atoms with E-state index in [1.54, 1.807) is 67.1 Å². The quantitative estimate of drug-likeness (QED) is 0.234. The molecule has 198 valence electrons. The Bertz CT molecular complexity index is 1640. The Hall–Kier alpha value is -5.30. The van der Waals surface area contributed by atoms with E-state index in [1.165, 1.54) is 0 Å². The number of rotatable bonds is 8. The van der Waals surface area contributed by atoms with Crippen LogP contribution in [0.1, 0.15) is 39.2 Å². The van der Waals surface area contributed by atoms with Gasteiger partial charge in [-0.05, 0) is 95.4 Å². The van der Waals surface area contributed by atoms with Gasteiger partial charge in [-0.3, -0.25) is 14.8 Å². The third-order valence-corrected chi connectivity index (χ3v) is 6.83. The molecule has 5 aromatic rings. The molecule has 2 heterocycles. The number of pyridine rings is 2. The second-order valence-electron chi connectivity index (χ2n) is 9.21. The first-order chi connectivity index (χ1) is 19.5. The van der Waals surface area contributed by atoms with Crippen molar-refractivity contribution in [2.75, 3.05) is 12.0 Å². The third-order valence-electron chi connectivity index (χ3n) is 6.83. The topological polar surface area (TPSA) is 92.6 Å². The Morgan fingerprint density at radius 2 is 1.32 bits per heavy atom. The minimum absolute atomic E-state index is 0.0225. The van der Waals surface area contributed by atoms with Crippen molar-refractivity contribution in [1.29, 1.82) is 0 Å². The van der Waals surface area contributed by atoms with E-state index < -0.39 is 12.0 Å². The van der Waals surface area contributed by atoms with Crippen LogP contribution in [0.25, 0.3) is 22.3 Å². The summed E-state index contributed by atoms with van der Waals surface area (Å²) in [6.45, 7) is 1.88. The number of carboxylic acids is 1. The summed E-state index contributed by atoms with van der Waals surface area (Å²) < 4.78 is 5.42. The molecule has 1 atom stereocenters. The fraction of sp³-hybridized carbons (Fsp3) is 0.0909. The van der Waals surface area contributed by atoms with Gasteiger partial charge in [-0.15, -0.1) is 0 Å². The van der Waals surface area contributed by atoms with Crippen LogP contribution in [-0.2, 0) is 0 Å². The molecule has 0 aliphatic rings. The molecule has 0 radical (unpaired) electrons. The van der Waals surface area contributed by atoms with Crippen LogP contribution in [0, 0.1) is 0 Å². The molecule has 0 saturated carbocycles. The summed E-state index contributed by atoms with van der Waals surface area (Å²) in [5.41, 5.74) is 5.09. The molecular formula is C33H27N3O4. The van der Waals surface area contributed by atoms with Crippen LogP contribution in [0.5, 0.6) is 5.75 Å². The highest BCUT2D eigenvalue weighted by Gasteiger charge is 2.29. The maximum Gasteiger partial charge on any atom is 0.337 e. The van der Waals surface area contributed by atoms with Crippen molar-refractivity contribution >= 4 is 17.6 Å². The molecule has 7 nitrogen and oxygen atoms in total. The number of nitrogens with zero attached hydrogens (tertiary/aromatic N) is 3. The lowest BCUT2D eigenvalue weighted by Gasteiger charge is -2.31. The van der Waals surface area contributed by atoms with Crippen molar-refractivity contribution < 1.29 is 19.4 Å². The highest BCUT2D eigenvalue weighted by Crippen LogP contribution is 2.36. The lowest BCUT2D eigenvalue weighted by atomic mass is 9.98. The number of anilines is 1. The van der Waals surface area contributed by atoms with Crippen LogP contribution in [-0.4, -0.2) is 34.1 Å². The first-order valence-corrected chi connectivity index (χ1v) is 12.7. The van der Waals surface area contributed by atoms with Gasteiger partial charge in [0.1, 0.15) is 5.75 Å². The average Bonchev–Trinajstić information content (AvgIpc) is 3.02. The number of hydrogen-bond donors (Lipinski definition) is 1. The van der Waals surface area contributed by atoms with Gasteiger partial charge in [0.25, 0.3) is 5.91 Å². The standard InChI is InChI=1S/C33H27N3O4/c1-22(27-4-3-5-29(20-27)40-2)36(32(37)26-8-6-23(7-9-26)24-12-16-34-17-13-24)31-21-28(10-11-30(31)33(38)39)25-14-18-35-19-15-25/h3-22H,1-2H3,(H,38,39)/t22-/m0/s1. The molecule has 40 heavy (non-hydrogen) atoms. The van der Waals surface area contributed by atoms with Gasteiger partial charge >= 0.3 is 5.97 Å². The number of amides is 1. The number of carboxylic acid groups (broad SMARTS) is 1. The summed E-state index contributed by atoms with van der Waals surface area (Å²) in [5, 5.41) is 10.2. The van der Waals surface area contributed by atoms with Crippen LogP contribution < -0.4 is 9.64 Å². The van der Waals surface area contributed by atoms with Gasteiger partial charge in [0, 0.05) is 30.4 Å². The van der Waals surface area contributed by atoms with Gasteiger partial charge in [0.05, 0.1) is 24.4 Å². The number of carbonyl (C=O) groups excluding carboxylic acids is 1. The van der Waals surface area contributed by atoms with E-state index in [2.05, 4.69) is 9.97 Å². The van der Waals surface area contributed by atoms with Gasteiger partial charge in [-0.25, -0.2) is 4.79 Å². The maximum atomic E-state index is 14.3. The number of ether oxygens (including phenoxy) is 1. The second-order valence-corrected chi connectivity index (χ2v) is 9.21. The Balaban J connectivity index is 1.64. The van der Waals surface area contributed by atoms with E-state index in [9.17, 15) is 14.7 Å². The molecule has 1 N–H and O–H groups in total. The number of hydrogen-bond acceptors (Lipinski definition) is 5. The predicted octanol–water partition coefficient (Wildman–Crippen LogP) is 6.93. The van der Waals surface area contributed by atoms with Crippen molar-refractivity contribution in [2.45, 2.75) is 13.0 Å². The van der Waals surface area contributed by atoms with Crippen molar-refractivity contribution in [1.82, 2.24) is 9.97 Å². The minimum Gasteiger partial charge on any atom is -0.497 e. The first kappa shape index (κ1) is 26.3. The van der Waals surface area contributed by atoms with Gasteiger partial charge in [-0.1, -0.05) is 30.3 Å². The van der Waals surface area contributed by atoms with E-state index in [1.807, 2.05) is 67.6 Å². The zero-order valence-corrected chi connectivity index (χ0v) is 22.1. The molecule has 0 aliphatic carbocycles. The molecule has 0 fully saturated rings. The SMILES string of the molecule is COc1cccc([C@H](C)N(C(=O)c2ccc(-c3ccncc3)cc2)c2cc(-c3ccncc3)ccc2C(=O)O)c1. The molecular weight excluding hydrogens is 502 g/mol. The van der Waals surface area contributed by atoms with Crippen molar-refractivity contribution in [3.63, 3.8) is 0 Å². The van der Waals surface area contributed by atoms with Gasteiger partial charge in [-0.2, -0.15) is 0 Å². The zero-order valence-electron chi connectivity index (χ0n) is 22.1. The Kier molecular flexibility index (Phi) is 7.64. The molecule has 3 aromatic carbocycles. The maximum absolute atomic E-state index is 14.3. The summed E-state index contributed by atoms with van der Waals surface area (Å²) in [4.78, 5) is 36.4. The molecule has 0 spiro atoms. The summed E-state index contributed by atoms with van der Waals surface area (Å²) in [5.74, 6) is -0.812. The highest BCUT2D eigenvalue weighted by atomic mass is 16.5. The lowest BCUT2D eigenvalue weighted by Crippen LogP contribution is -2.35. The van der Waals surface area contributed by atoms with Crippen LogP contribution in [0.2, 0.25) is 0 Å². The number of carbonyl (C=O) groups is 2. The summed E-state index contributed by atoms with van der Waals surface area (Å²) in [7, 11) is 1.58. The number of aromatic carboxylic acids is 1. The van der Waals surface area contributed by atoms with Crippen molar-refractivity contribution in [2.24, 2.45) is 0 Å². The van der Waals surface area contributed by atoms with Crippen molar-refractivity contribution in [3.05, 3.63) is 132 Å². The van der Waals surface area contributed by atoms with Crippen LogP contribution in [0.3, 0.4) is 0 Å². The monoisotopic (exact) mass is 529 g/mol. The molecule has 0 aliphatic heterocycles. The summed E-state index contributed by atoms with van der Waals surface area (Å²) in [6, 6.07) is 26.7. The second kappa shape index (κ2) is 11.6. The normalized spacial score (nSPS) is 11.4. The summed E-state index contributed by atoms with van der Waals surface area (Å²) >= 11 is 0. The minimum atomic E-state index is -1.13. The number of benzene rings is 3. The first-order valence-electron chi connectivity index (χ1n) is 12.7. The van der Waals surface area contributed by atoms with E-state index >= 15 is 0 Å². The smallest absolute Gasteiger partial charge is 0.337 e. The Morgan fingerprint density at radius 3 is 1.93 bits per heavy atom. The molecule has 2 aromatic heterocycles. The lowest BCUT2D eigenvalue weighted by molar-refractivity contribution is 0.0697. The van der Waals surface area contributed by atoms with E-state index in [0.29, 0.717) is 17.0 Å². The largest absolute Gasteiger partial charge is 0.497 e. The predicted molar refractivity (Wildman–Crippen MR) is 155 cm³/mol.